The summed E-state index contributed by atoms with van der Waals surface area (Å²) in [6, 6.07) is 1.30. The Morgan fingerprint density at radius 1 is 1.33 bits per heavy atom. The maximum absolute atomic E-state index is 5.94. The monoisotopic (exact) mass is 186 g/mol. The average molecular weight is 186 g/mol. The highest BCUT2D eigenvalue weighted by atomic mass is 32.2. The Hall–Kier alpha value is 0.270. The molecule has 2 nitrogen and oxygen atoms in total. The van der Waals surface area contributed by atoms with Gasteiger partial charge in [-0.15, -0.1) is 0 Å². The van der Waals surface area contributed by atoms with E-state index in [9.17, 15) is 0 Å². The van der Waals surface area contributed by atoms with E-state index < -0.39 is 0 Å². The number of rotatable bonds is 1. The number of thioether (sulfide) groups is 1. The predicted molar refractivity (Wildman–Crippen MR) is 54.5 cm³/mol. The summed E-state index contributed by atoms with van der Waals surface area (Å²) in [5.41, 5.74) is 5.94. The minimum absolute atomic E-state index is 0.448. The van der Waals surface area contributed by atoms with Gasteiger partial charge in [0.15, 0.2) is 0 Å². The van der Waals surface area contributed by atoms with Crippen molar-refractivity contribution in [3.63, 3.8) is 0 Å². The van der Waals surface area contributed by atoms with Gasteiger partial charge in [0.1, 0.15) is 0 Å². The molecule has 2 rings (SSSR count). The lowest BCUT2D eigenvalue weighted by Gasteiger charge is -2.34. The number of piperidine rings is 1. The smallest absolute Gasteiger partial charge is 0.0194 e. The lowest BCUT2D eigenvalue weighted by Crippen LogP contribution is -2.47. The standard InChI is InChI=1S/C9H18N2S/c10-8-2-1-4-11(6-8)9-3-5-12-7-9/h8-9H,1-7,10H2/t8-,9-/m0/s1. The summed E-state index contributed by atoms with van der Waals surface area (Å²) in [6.07, 6.45) is 3.93. The van der Waals surface area contributed by atoms with Crippen molar-refractivity contribution in [2.45, 2.75) is 31.3 Å². The third-order valence-corrected chi connectivity index (χ3v) is 4.06. The van der Waals surface area contributed by atoms with E-state index in [1.165, 1.54) is 37.3 Å². The van der Waals surface area contributed by atoms with E-state index in [-0.39, 0.29) is 0 Å². The van der Waals surface area contributed by atoms with Crippen molar-refractivity contribution >= 4 is 11.8 Å². The zero-order valence-electron chi connectivity index (χ0n) is 7.54. The van der Waals surface area contributed by atoms with Gasteiger partial charge in [0.25, 0.3) is 0 Å². The summed E-state index contributed by atoms with van der Waals surface area (Å²) in [5, 5.41) is 0. The molecule has 2 saturated heterocycles. The first-order chi connectivity index (χ1) is 5.86. The Labute approximate surface area is 78.9 Å². The zero-order valence-corrected chi connectivity index (χ0v) is 8.35. The third-order valence-electron chi connectivity index (χ3n) is 2.91. The molecule has 12 heavy (non-hydrogen) atoms. The van der Waals surface area contributed by atoms with Gasteiger partial charge in [-0.25, -0.2) is 0 Å². The van der Waals surface area contributed by atoms with Crippen molar-refractivity contribution in [1.82, 2.24) is 4.90 Å². The second kappa shape index (κ2) is 3.99. The van der Waals surface area contributed by atoms with E-state index in [0.717, 1.165) is 12.6 Å². The molecule has 2 aliphatic rings. The molecule has 0 spiro atoms. The fraction of sp³-hybridized carbons (Fsp3) is 1.00. The van der Waals surface area contributed by atoms with Crippen LogP contribution in [0.5, 0.6) is 0 Å². The Kier molecular flexibility index (Phi) is 2.94. The summed E-state index contributed by atoms with van der Waals surface area (Å²) >= 11 is 2.09. The molecule has 0 amide bonds. The van der Waals surface area contributed by atoms with Gasteiger partial charge in [0.2, 0.25) is 0 Å². The normalized spacial score (nSPS) is 38.8. The molecule has 0 aromatic rings. The van der Waals surface area contributed by atoms with Gasteiger partial charge < -0.3 is 5.73 Å². The Balaban J connectivity index is 1.85. The van der Waals surface area contributed by atoms with E-state index in [4.69, 9.17) is 5.73 Å². The van der Waals surface area contributed by atoms with E-state index in [1.54, 1.807) is 0 Å². The lowest BCUT2D eigenvalue weighted by atomic mass is 10.0. The van der Waals surface area contributed by atoms with Crippen LogP contribution in [0.3, 0.4) is 0 Å². The summed E-state index contributed by atoms with van der Waals surface area (Å²) in [4.78, 5) is 2.61. The van der Waals surface area contributed by atoms with Crippen LogP contribution in [0.15, 0.2) is 0 Å². The van der Waals surface area contributed by atoms with Crippen LogP contribution in [0.25, 0.3) is 0 Å². The molecular formula is C9H18N2S. The van der Waals surface area contributed by atoms with E-state index in [1.807, 2.05) is 0 Å². The molecule has 2 heterocycles. The molecule has 0 aromatic carbocycles. The van der Waals surface area contributed by atoms with Crippen LogP contribution >= 0.6 is 11.8 Å². The van der Waals surface area contributed by atoms with E-state index >= 15 is 0 Å². The van der Waals surface area contributed by atoms with Crippen molar-refractivity contribution in [2.24, 2.45) is 5.73 Å². The molecule has 2 N–H and O–H groups in total. The minimum atomic E-state index is 0.448. The summed E-state index contributed by atoms with van der Waals surface area (Å²) in [5.74, 6) is 2.70. The molecule has 2 aliphatic heterocycles. The second-order valence-corrected chi connectivity index (χ2v) is 5.06. The van der Waals surface area contributed by atoms with Crippen LogP contribution in [0.1, 0.15) is 19.3 Å². The van der Waals surface area contributed by atoms with E-state index in [2.05, 4.69) is 16.7 Å². The zero-order chi connectivity index (χ0) is 8.39. The molecule has 0 radical (unpaired) electrons. The van der Waals surface area contributed by atoms with Crippen LogP contribution in [0.4, 0.5) is 0 Å². The molecule has 3 heteroatoms. The third kappa shape index (κ3) is 1.95. The highest BCUT2D eigenvalue weighted by Gasteiger charge is 2.26. The van der Waals surface area contributed by atoms with Gasteiger partial charge in [-0.3, -0.25) is 4.90 Å². The molecule has 0 aliphatic carbocycles. The maximum Gasteiger partial charge on any atom is 0.0194 e. The summed E-state index contributed by atoms with van der Waals surface area (Å²) < 4.78 is 0. The molecule has 70 valence electrons. The highest BCUT2D eigenvalue weighted by Crippen LogP contribution is 2.24. The SMILES string of the molecule is N[C@H]1CCCN([C@H]2CCSC2)C1. The topological polar surface area (TPSA) is 29.3 Å². The highest BCUT2D eigenvalue weighted by molar-refractivity contribution is 7.99. The van der Waals surface area contributed by atoms with Crippen LogP contribution < -0.4 is 5.73 Å². The van der Waals surface area contributed by atoms with Gasteiger partial charge in [0, 0.05) is 24.4 Å². The van der Waals surface area contributed by atoms with Crippen LogP contribution in [0.2, 0.25) is 0 Å². The van der Waals surface area contributed by atoms with Crippen molar-refractivity contribution in [1.29, 1.82) is 0 Å². The van der Waals surface area contributed by atoms with Gasteiger partial charge in [-0.05, 0) is 31.6 Å². The molecule has 0 aromatic heterocycles. The van der Waals surface area contributed by atoms with E-state index in [0.29, 0.717) is 6.04 Å². The number of nitrogens with zero attached hydrogens (tertiary/aromatic N) is 1. The quantitative estimate of drug-likeness (QED) is 0.660. The van der Waals surface area contributed by atoms with Crippen molar-refractivity contribution in [2.75, 3.05) is 24.6 Å². The summed E-state index contributed by atoms with van der Waals surface area (Å²) in [7, 11) is 0. The summed E-state index contributed by atoms with van der Waals surface area (Å²) in [6.45, 7) is 2.43. The Morgan fingerprint density at radius 3 is 2.92 bits per heavy atom. The fourth-order valence-electron chi connectivity index (χ4n) is 2.18. The molecule has 0 bridgehead atoms. The fourth-order valence-corrected chi connectivity index (χ4v) is 3.44. The van der Waals surface area contributed by atoms with Crippen molar-refractivity contribution < 1.29 is 0 Å². The van der Waals surface area contributed by atoms with Gasteiger partial charge >= 0.3 is 0 Å². The molecular weight excluding hydrogens is 168 g/mol. The predicted octanol–water partition coefficient (Wildman–Crippen LogP) is 0.915. The second-order valence-electron chi connectivity index (χ2n) is 3.91. The largest absolute Gasteiger partial charge is 0.327 e. The number of likely N-dealkylation sites (tertiary alicyclic amines) is 1. The molecule has 2 atom stereocenters. The van der Waals surface area contributed by atoms with Crippen molar-refractivity contribution in [3.05, 3.63) is 0 Å². The van der Waals surface area contributed by atoms with Gasteiger partial charge in [-0.2, -0.15) is 11.8 Å². The number of hydrogen-bond acceptors (Lipinski definition) is 3. The van der Waals surface area contributed by atoms with Crippen LogP contribution in [0, 0.1) is 0 Å². The first-order valence-corrected chi connectivity index (χ1v) is 6.09. The van der Waals surface area contributed by atoms with Gasteiger partial charge in [-0.1, -0.05) is 0 Å². The average Bonchev–Trinajstić information content (AvgIpc) is 2.56. The molecule has 2 fully saturated rings. The van der Waals surface area contributed by atoms with Crippen LogP contribution in [-0.4, -0.2) is 41.6 Å². The Morgan fingerprint density at radius 2 is 2.25 bits per heavy atom. The van der Waals surface area contributed by atoms with Crippen LogP contribution in [-0.2, 0) is 0 Å². The molecule has 0 unspecified atom stereocenters. The number of nitrogens with two attached hydrogens (primary N) is 1. The lowest BCUT2D eigenvalue weighted by molar-refractivity contribution is 0.162. The maximum atomic E-state index is 5.94. The number of hydrogen-bond donors (Lipinski definition) is 1. The molecule has 0 saturated carbocycles. The van der Waals surface area contributed by atoms with Crippen molar-refractivity contribution in [3.8, 4) is 0 Å². The Bertz CT molecular complexity index is 145. The first-order valence-electron chi connectivity index (χ1n) is 4.93. The minimum Gasteiger partial charge on any atom is -0.327 e. The first kappa shape index (κ1) is 8.85. The van der Waals surface area contributed by atoms with Gasteiger partial charge in [0.05, 0.1) is 0 Å².